The fraction of sp³-hybridized carbons (Fsp3) is 0.333. The number of methoxy groups -OCH3 is 2. The van der Waals surface area contributed by atoms with Gasteiger partial charge in [-0.25, -0.2) is 4.79 Å². The first-order valence-electron chi connectivity index (χ1n) is 9.94. The molecule has 0 aromatic heterocycles. The number of carbonyl (C=O) groups is 2. The van der Waals surface area contributed by atoms with Gasteiger partial charge in [0, 0.05) is 11.6 Å². The lowest BCUT2D eigenvalue weighted by molar-refractivity contribution is -0.144. The summed E-state index contributed by atoms with van der Waals surface area (Å²) in [6.45, 7) is 2.79. The van der Waals surface area contributed by atoms with Crippen molar-refractivity contribution in [2.24, 2.45) is 0 Å². The van der Waals surface area contributed by atoms with Crippen molar-refractivity contribution in [3.05, 3.63) is 65.2 Å². The third-order valence-corrected chi connectivity index (χ3v) is 4.97. The molecule has 30 heavy (non-hydrogen) atoms. The molecule has 1 aliphatic heterocycles. The van der Waals surface area contributed by atoms with Crippen molar-refractivity contribution < 1.29 is 28.5 Å². The molecule has 0 aliphatic carbocycles. The Morgan fingerprint density at radius 3 is 2.50 bits per heavy atom. The van der Waals surface area contributed by atoms with Gasteiger partial charge >= 0.3 is 11.9 Å². The summed E-state index contributed by atoms with van der Waals surface area (Å²) < 4.78 is 21.5. The van der Waals surface area contributed by atoms with Crippen molar-refractivity contribution in [2.45, 2.75) is 31.8 Å². The molecule has 0 unspecified atom stereocenters. The summed E-state index contributed by atoms with van der Waals surface area (Å²) in [6, 6.07) is 13.0. The smallest absolute Gasteiger partial charge is 0.330 e. The number of unbranched alkanes of at least 4 members (excludes halogenated alkanes) is 1. The number of fused-ring (bicyclic) bond motifs is 1. The van der Waals surface area contributed by atoms with Gasteiger partial charge in [0.15, 0.2) is 0 Å². The lowest BCUT2D eigenvalue weighted by Crippen LogP contribution is -2.20. The maximum Gasteiger partial charge on any atom is 0.330 e. The van der Waals surface area contributed by atoms with E-state index in [1.54, 1.807) is 12.1 Å². The Bertz CT molecular complexity index is 916. The van der Waals surface area contributed by atoms with E-state index in [4.69, 9.17) is 14.2 Å². The predicted octanol–water partition coefficient (Wildman–Crippen LogP) is 4.44. The number of ether oxygens (including phenoxy) is 4. The fourth-order valence-corrected chi connectivity index (χ4v) is 3.35. The minimum absolute atomic E-state index is 0.379. The second kappa shape index (κ2) is 9.96. The summed E-state index contributed by atoms with van der Waals surface area (Å²) in [4.78, 5) is 24.0. The maximum absolute atomic E-state index is 12.6. The molecule has 0 spiro atoms. The SMILES string of the molecule is CCCCOc1ccc([C@H]2Oc3ccc(/C=C/C(=O)OC)cc3[C@H]2C(=O)OC)cc1. The third-order valence-electron chi connectivity index (χ3n) is 4.97. The lowest BCUT2D eigenvalue weighted by atomic mass is 9.90. The summed E-state index contributed by atoms with van der Waals surface area (Å²) in [5, 5.41) is 0. The van der Waals surface area contributed by atoms with E-state index in [1.807, 2.05) is 36.4 Å². The molecule has 0 radical (unpaired) electrons. The molecule has 3 rings (SSSR count). The van der Waals surface area contributed by atoms with Crippen LogP contribution in [0.1, 0.15) is 48.5 Å². The first kappa shape index (κ1) is 21.4. The number of carbonyl (C=O) groups excluding carboxylic acids is 2. The van der Waals surface area contributed by atoms with Gasteiger partial charge in [-0.15, -0.1) is 0 Å². The molecular formula is C24H26O6. The average molecular weight is 410 g/mol. The molecule has 0 bridgehead atoms. The van der Waals surface area contributed by atoms with E-state index in [9.17, 15) is 9.59 Å². The molecule has 1 heterocycles. The van der Waals surface area contributed by atoms with Crippen LogP contribution in [0.2, 0.25) is 0 Å². The van der Waals surface area contributed by atoms with Crippen LogP contribution in [0.4, 0.5) is 0 Å². The monoisotopic (exact) mass is 410 g/mol. The third kappa shape index (κ3) is 4.82. The molecule has 0 fully saturated rings. The van der Waals surface area contributed by atoms with E-state index >= 15 is 0 Å². The quantitative estimate of drug-likeness (QED) is 0.364. The molecule has 2 aromatic carbocycles. The van der Waals surface area contributed by atoms with Crippen LogP contribution in [0.15, 0.2) is 48.5 Å². The van der Waals surface area contributed by atoms with E-state index in [2.05, 4.69) is 11.7 Å². The Labute approximate surface area is 176 Å². The Hall–Kier alpha value is -3.28. The van der Waals surface area contributed by atoms with Crippen molar-refractivity contribution in [1.82, 2.24) is 0 Å². The zero-order valence-electron chi connectivity index (χ0n) is 17.4. The number of rotatable bonds is 8. The van der Waals surface area contributed by atoms with Crippen LogP contribution in [0.3, 0.4) is 0 Å². The Balaban J connectivity index is 1.85. The maximum atomic E-state index is 12.6. The standard InChI is InChI=1S/C24H26O6/c1-4-5-14-29-18-10-8-17(9-11-18)23-22(24(26)28-3)19-15-16(6-12-20(19)30-23)7-13-21(25)27-2/h6-13,15,22-23H,4-5,14H2,1-3H3/b13-7+/t22-,23-/m1/s1. The van der Waals surface area contributed by atoms with Gasteiger partial charge in [0.05, 0.1) is 20.8 Å². The number of hydrogen-bond acceptors (Lipinski definition) is 6. The second-order valence-electron chi connectivity index (χ2n) is 6.96. The second-order valence-corrected chi connectivity index (χ2v) is 6.96. The van der Waals surface area contributed by atoms with Crippen LogP contribution >= 0.6 is 0 Å². The fourth-order valence-electron chi connectivity index (χ4n) is 3.35. The summed E-state index contributed by atoms with van der Waals surface area (Å²) >= 11 is 0. The minimum Gasteiger partial charge on any atom is -0.494 e. The van der Waals surface area contributed by atoms with Gasteiger partial charge in [-0.05, 0) is 47.9 Å². The number of hydrogen-bond donors (Lipinski definition) is 0. The molecule has 1 aliphatic rings. The summed E-state index contributed by atoms with van der Waals surface area (Å²) in [6.07, 6.45) is 4.54. The molecule has 2 atom stereocenters. The highest BCUT2D eigenvalue weighted by atomic mass is 16.5. The van der Waals surface area contributed by atoms with E-state index in [0.29, 0.717) is 12.4 Å². The zero-order valence-corrected chi connectivity index (χ0v) is 17.4. The largest absolute Gasteiger partial charge is 0.494 e. The summed E-state index contributed by atoms with van der Waals surface area (Å²) in [7, 11) is 2.68. The predicted molar refractivity (Wildman–Crippen MR) is 112 cm³/mol. The van der Waals surface area contributed by atoms with E-state index < -0.39 is 18.0 Å². The molecule has 0 saturated heterocycles. The first-order valence-corrected chi connectivity index (χ1v) is 9.94. The number of esters is 2. The number of benzene rings is 2. The average Bonchev–Trinajstić information content (AvgIpc) is 3.16. The van der Waals surface area contributed by atoms with Crippen LogP contribution in [-0.2, 0) is 19.1 Å². The topological polar surface area (TPSA) is 71.1 Å². The minimum atomic E-state index is -0.608. The molecule has 6 heteroatoms. The van der Waals surface area contributed by atoms with Gasteiger partial charge in [-0.1, -0.05) is 31.5 Å². The van der Waals surface area contributed by atoms with Crippen molar-refractivity contribution in [2.75, 3.05) is 20.8 Å². The molecular weight excluding hydrogens is 384 g/mol. The van der Waals surface area contributed by atoms with Crippen molar-refractivity contribution in [3.8, 4) is 11.5 Å². The van der Waals surface area contributed by atoms with Gasteiger partial charge in [0.2, 0.25) is 0 Å². The van der Waals surface area contributed by atoms with E-state index in [-0.39, 0.29) is 5.97 Å². The molecule has 6 nitrogen and oxygen atoms in total. The van der Waals surface area contributed by atoms with Crippen LogP contribution in [0, 0.1) is 0 Å². The van der Waals surface area contributed by atoms with Crippen molar-refractivity contribution in [3.63, 3.8) is 0 Å². The lowest BCUT2D eigenvalue weighted by Gasteiger charge is -2.18. The molecule has 0 N–H and O–H groups in total. The van der Waals surface area contributed by atoms with Gasteiger partial charge in [0.1, 0.15) is 23.5 Å². The highest BCUT2D eigenvalue weighted by Gasteiger charge is 2.41. The van der Waals surface area contributed by atoms with Gasteiger partial charge < -0.3 is 18.9 Å². The van der Waals surface area contributed by atoms with Crippen molar-refractivity contribution >= 4 is 18.0 Å². The van der Waals surface area contributed by atoms with Gasteiger partial charge in [-0.2, -0.15) is 0 Å². The highest BCUT2D eigenvalue weighted by molar-refractivity contribution is 5.87. The van der Waals surface area contributed by atoms with Crippen LogP contribution in [0.5, 0.6) is 11.5 Å². The van der Waals surface area contributed by atoms with Crippen LogP contribution < -0.4 is 9.47 Å². The summed E-state index contributed by atoms with van der Waals surface area (Å²) in [5.74, 6) is -0.0312. The Morgan fingerprint density at radius 2 is 1.83 bits per heavy atom. The van der Waals surface area contributed by atoms with Crippen LogP contribution in [-0.4, -0.2) is 32.8 Å². The molecule has 0 amide bonds. The zero-order chi connectivity index (χ0) is 21.5. The van der Waals surface area contributed by atoms with E-state index in [1.165, 1.54) is 20.3 Å². The molecule has 0 saturated carbocycles. The highest BCUT2D eigenvalue weighted by Crippen LogP contribution is 2.47. The normalized spacial score (nSPS) is 17.3. The Morgan fingerprint density at radius 1 is 1.07 bits per heavy atom. The van der Waals surface area contributed by atoms with Gasteiger partial charge in [-0.3, -0.25) is 4.79 Å². The molecule has 158 valence electrons. The van der Waals surface area contributed by atoms with Crippen LogP contribution in [0.25, 0.3) is 6.08 Å². The van der Waals surface area contributed by atoms with Crippen molar-refractivity contribution in [1.29, 1.82) is 0 Å². The molecule has 2 aromatic rings. The van der Waals surface area contributed by atoms with E-state index in [0.717, 1.165) is 35.3 Å². The first-order chi connectivity index (χ1) is 14.6. The summed E-state index contributed by atoms with van der Waals surface area (Å²) in [5.41, 5.74) is 2.34. The van der Waals surface area contributed by atoms with Gasteiger partial charge in [0.25, 0.3) is 0 Å². The Kier molecular flexibility index (Phi) is 7.12.